The van der Waals surface area contributed by atoms with Crippen LogP contribution in [0, 0.1) is 0 Å². The third-order valence-electron chi connectivity index (χ3n) is 15.4. The lowest BCUT2D eigenvalue weighted by Gasteiger charge is -2.26. The minimum atomic E-state index is -4.33. The average molecular weight is 1090 g/mol. The fourth-order valence-corrected chi connectivity index (χ4v) is 10.9. The first-order valence-corrected chi connectivity index (χ1v) is 34.8. The molecule has 0 saturated heterocycles. The Morgan fingerprint density at radius 3 is 1.09 bits per heavy atom. The second kappa shape index (κ2) is 58.4. The quantitative estimate of drug-likeness (QED) is 0.0243. The van der Waals surface area contributed by atoms with Crippen molar-refractivity contribution in [1.82, 2.24) is 5.32 Å². The first kappa shape index (κ1) is 74.7. The van der Waals surface area contributed by atoms with Crippen LogP contribution in [0.25, 0.3) is 0 Å². The molecule has 0 spiro atoms. The molecule has 3 atom stereocenters. The van der Waals surface area contributed by atoms with E-state index in [-0.39, 0.29) is 19.1 Å². The molecule has 0 rings (SSSR count). The summed E-state index contributed by atoms with van der Waals surface area (Å²) in [5, 5.41) is 14.1. The van der Waals surface area contributed by atoms with Gasteiger partial charge in [-0.3, -0.25) is 13.8 Å². The topological polar surface area (TPSA) is 105 Å². The minimum absolute atomic E-state index is 0.0733. The van der Waals surface area contributed by atoms with Crippen LogP contribution in [0.2, 0.25) is 0 Å². The van der Waals surface area contributed by atoms with Crippen molar-refractivity contribution in [3.63, 3.8) is 0 Å². The number of carbonyl (C=O) groups is 1. The Morgan fingerprint density at radius 2 is 0.750 bits per heavy atom. The number of hydrogen-bond donors (Lipinski definition) is 3. The van der Waals surface area contributed by atoms with Crippen molar-refractivity contribution < 1.29 is 32.9 Å². The van der Waals surface area contributed by atoms with E-state index in [1.54, 1.807) is 0 Å². The van der Waals surface area contributed by atoms with Crippen molar-refractivity contribution in [3.8, 4) is 0 Å². The average Bonchev–Trinajstić information content (AvgIpc) is 3.38. The fraction of sp³-hybridized carbons (Fsp3) is 0.896. The SMILES string of the molecule is CCCCCCC/C=C\C/C=C\C/C=C\CCCCCCCCCCC(=O)NC(COP(=O)(O)OCC[N+](C)(C)C)C(O)CCCCCCCCCCCCCCCCCCCCCCCCCCCCCCCCC. The molecule has 0 radical (unpaired) electrons. The van der Waals surface area contributed by atoms with Gasteiger partial charge in [0.05, 0.1) is 39.9 Å². The highest BCUT2D eigenvalue weighted by Gasteiger charge is 2.28. The third kappa shape index (κ3) is 60.4. The molecular formula is C67H132N2O6P+. The zero-order valence-corrected chi connectivity index (χ0v) is 52.4. The second-order valence-corrected chi connectivity index (χ2v) is 25.7. The molecule has 1 amide bonds. The van der Waals surface area contributed by atoms with Crippen LogP contribution < -0.4 is 5.32 Å². The molecule has 8 nitrogen and oxygen atoms in total. The smallest absolute Gasteiger partial charge is 0.391 e. The van der Waals surface area contributed by atoms with E-state index in [2.05, 4.69) is 55.6 Å². The van der Waals surface area contributed by atoms with Crippen molar-refractivity contribution in [2.75, 3.05) is 40.9 Å². The molecule has 0 aromatic carbocycles. The summed E-state index contributed by atoms with van der Waals surface area (Å²) in [6.45, 7) is 4.92. The lowest BCUT2D eigenvalue weighted by Crippen LogP contribution is -2.46. The molecule has 0 aliphatic carbocycles. The molecule has 76 heavy (non-hydrogen) atoms. The van der Waals surface area contributed by atoms with Crippen molar-refractivity contribution in [2.24, 2.45) is 0 Å². The van der Waals surface area contributed by atoms with Gasteiger partial charge < -0.3 is 19.8 Å². The Balaban J connectivity index is 4.05. The summed E-state index contributed by atoms with van der Waals surface area (Å²) < 4.78 is 23.9. The maximum atomic E-state index is 13.0. The van der Waals surface area contributed by atoms with Crippen molar-refractivity contribution in [2.45, 2.75) is 347 Å². The summed E-state index contributed by atoms with van der Waals surface area (Å²) in [6.07, 6.45) is 76.6. The Morgan fingerprint density at radius 1 is 0.447 bits per heavy atom. The Kier molecular flexibility index (Phi) is 57.4. The number of likely N-dealkylation sites (N-methyl/N-ethyl adjacent to an activating group) is 1. The van der Waals surface area contributed by atoms with Gasteiger partial charge in [-0.25, -0.2) is 4.57 Å². The minimum Gasteiger partial charge on any atom is -0.391 e. The number of phosphoric acid groups is 1. The molecule has 0 fully saturated rings. The number of allylic oxidation sites excluding steroid dienone is 6. The number of unbranched alkanes of at least 4 members (excludes halogenated alkanes) is 43. The summed E-state index contributed by atoms with van der Waals surface area (Å²) in [6, 6.07) is -0.767. The Bertz CT molecular complexity index is 1330. The molecule has 0 aliphatic heterocycles. The number of nitrogens with one attached hydrogen (secondary N) is 1. The Labute approximate surface area is 474 Å². The fourth-order valence-electron chi connectivity index (χ4n) is 10.2. The van der Waals surface area contributed by atoms with Gasteiger partial charge in [0.1, 0.15) is 13.2 Å². The van der Waals surface area contributed by atoms with E-state index >= 15 is 0 Å². The van der Waals surface area contributed by atoms with Gasteiger partial charge in [-0.05, 0) is 51.4 Å². The van der Waals surface area contributed by atoms with E-state index in [0.29, 0.717) is 23.9 Å². The molecule has 0 saturated carbocycles. The largest absolute Gasteiger partial charge is 0.472 e. The molecule has 450 valence electrons. The molecule has 0 aliphatic rings. The van der Waals surface area contributed by atoms with E-state index in [1.165, 1.54) is 250 Å². The van der Waals surface area contributed by atoms with E-state index in [1.807, 2.05) is 21.1 Å². The van der Waals surface area contributed by atoms with E-state index in [9.17, 15) is 19.4 Å². The maximum Gasteiger partial charge on any atom is 0.472 e. The number of hydrogen-bond acceptors (Lipinski definition) is 5. The highest BCUT2D eigenvalue weighted by atomic mass is 31.2. The summed E-state index contributed by atoms with van der Waals surface area (Å²) in [5.74, 6) is -0.147. The molecule has 3 unspecified atom stereocenters. The van der Waals surface area contributed by atoms with Gasteiger partial charge in [0.2, 0.25) is 5.91 Å². The number of phosphoric ester groups is 1. The number of rotatable bonds is 62. The molecule has 0 aromatic rings. The van der Waals surface area contributed by atoms with Crippen LogP contribution in [0.5, 0.6) is 0 Å². The number of nitrogens with zero attached hydrogens (tertiary/aromatic N) is 1. The molecular weight excluding hydrogens is 960 g/mol. The van der Waals surface area contributed by atoms with Gasteiger partial charge in [-0.1, -0.05) is 314 Å². The molecule has 3 N–H and O–H groups in total. The molecule has 0 bridgehead atoms. The standard InChI is InChI=1S/C67H131N2O6P/c1-6-8-10-12-14-16-18-20-22-24-26-28-30-31-32-33-34-35-36-37-39-40-42-44-46-48-50-52-54-56-58-60-66(70)65(64-75-76(72,73)74-63-62-69(3,4)5)68-67(71)61-59-57-55-53-51-49-47-45-43-41-38-29-27-25-23-21-19-17-15-13-11-9-7-2/h19,21,25,27,38,41,65-66,70H,6-18,20,22-24,26,28-37,39-40,42-64H2,1-5H3,(H-,68,71,72,73)/p+1/b21-19-,27-25-,41-38-. The predicted octanol–water partition coefficient (Wildman–Crippen LogP) is 20.9. The predicted molar refractivity (Wildman–Crippen MR) is 332 cm³/mol. The Hall–Kier alpha value is -1.28. The van der Waals surface area contributed by atoms with E-state index < -0.39 is 20.0 Å². The van der Waals surface area contributed by atoms with Crippen LogP contribution in [0.4, 0.5) is 0 Å². The van der Waals surface area contributed by atoms with Crippen LogP contribution >= 0.6 is 7.82 Å². The molecule has 0 aromatic heterocycles. The van der Waals surface area contributed by atoms with Crippen molar-refractivity contribution in [1.29, 1.82) is 0 Å². The monoisotopic (exact) mass is 1090 g/mol. The first-order chi connectivity index (χ1) is 37.0. The van der Waals surface area contributed by atoms with Gasteiger partial charge in [-0.15, -0.1) is 0 Å². The zero-order valence-electron chi connectivity index (χ0n) is 51.5. The summed E-state index contributed by atoms with van der Waals surface area (Å²) in [7, 11) is 1.62. The molecule has 9 heteroatoms. The van der Waals surface area contributed by atoms with E-state index in [4.69, 9.17) is 9.05 Å². The maximum absolute atomic E-state index is 13.0. The van der Waals surface area contributed by atoms with E-state index in [0.717, 1.165) is 57.8 Å². The highest BCUT2D eigenvalue weighted by Crippen LogP contribution is 2.43. The number of quaternary nitrogens is 1. The van der Waals surface area contributed by atoms with Gasteiger partial charge in [0, 0.05) is 6.42 Å². The number of amides is 1. The van der Waals surface area contributed by atoms with Crippen LogP contribution in [-0.4, -0.2) is 73.4 Å². The number of aliphatic hydroxyl groups excluding tert-OH is 1. The first-order valence-electron chi connectivity index (χ1n) is 33.4. The van der Waals surface area contributed by atoms with Crippen LogP contribution in [0.3, 0.4) is 0 Å². The van der Waals surface area contributed by atoms with Crippen molar-refractivity contribution in [3.05, 3.63) is 36.5 Å². The summed E-state index contributed by atoms with van der Waals surface area (Å²) >= 11 is 0. The highest BCUT2D eigenvalue weighted by molar-refractivity contribution is 7.47. The van der Waals surface area contributed by atoms with Crippen LogP contribution in [0.15, 0.2) is 36.5 Å². The van der Waals surface area contributed by atoms with Gasteiger partial charge in [-0.2, -0.15) is 0 Å². The van der Waals surface area contributed by atoms with Gasteiger partial charge >= 0.3 is 7.82 Å². The zero-order chi connectivity index (χ0) is 55.6. The number of aliphatic hydroxyl groups is 1. The van der Waals surface area contributed by atoms with Crippen molar-refractivity contribution >= 4 is 13.7 Å². The summed E-state index contributed by atoms with van der Waals surface area (Å²) in [5.41, 5.74) is 0. The lowest BCUT2D eigenvalue weighted by atomic mass is 10.0. The normalized spacial score (nSPS) is 13.9. The lowest BCUT2D eigenvalue weighted by molar-refractivity contribution is -0.870. The van der Waals surface area contributed by atoms with Gasteiger partial charge in [0.15, 0.2) is 0 Å². The van der Waals surface area contributed by atoms with Crippen LogP contribution in [0.1, 0.15) is 335 Å². The summed E-state index contributed by atoms with van der Waals surface area (Å²) in [4.78, 5) is 23.4. The molecule has 0 heterocycles. The number of carbonyl (C=O) groups excluding carboxylic acids is 1. The van der Waals surface area contributed by atoms with Gasteiger partial charge in [0.25, 0.3) is 0 Å². The third-order valence-corrected chi connectivity index (χ3v) is 16.4. The van der Waals surface area contributed by atoms with Crippen LogP contribution in [-0.2, 0) is 18.4 Å². The second-order valence-electron chi connectivity index (χ2n) is 24.2.